The first kappa shape index (κ1) is 24.6. The molecule has 3 fully saturated rings. The summed E-state index contributed by atoms with van der Waals surface area (Å²) in [4.78, 5) is 11.9. The lowest BCUT2D eigenvalue weighted by Gasteiger charge is -2.36. The number of aliphatic imine (C=N–C) groups is 1. The second kappa shape index (κ2) is 12.3. The molecule has 2 atom stereocenters. The first-order valence-electron chi connectivity index (χ1n) is 11.1. The van der Waals surface area contributed by atoms with Crippen molar-refractivity contribution in [3.8, 4) is 0 Å². The number of guanidine groups is 1. The molecule has 0 aromatic heterocycles. The second-order valence-corrected chi connectivity index (χ2v) is 8.18. The fraction of sp³-hybridized carbons (Fsp3) is 0.682. The fourth-order valence-corrected chi connectivity index (χ4v) is 4.73. The molecule has 174 valence electrons. The van der Waals surface area contributed by atoms with E-state index in [1.807, 2.05) is 19.2 Å². The molecule has 3 saturated heterocycles. The predicted molar refractivity (Wildman–Crippen MR) is 131 cm³/mol. The van der Waals surface area contributed by atoms with Crippen LogP contribution < -0.4 is 5.32 Å². The first-order chi connectivity index (χ1) is 14.7. The number of hydrogen-bond donors (Lipinski definition) is 1. The van der Waals surface area contributed by atoms with E-state index in [2.05, 4.69) is 25.0 Å². The predicted octanol–water partition coefficient (Wildman–Crippen LogP) is 1.80. The molecule has 0 amide bonds. The average molecular weight is 547 g/mol. The average Bonchev–Trinajstić information content (AvgIpc) is 3.29. The van der Waals surface area contributed by atoms with Gasteiger partial charge in [-0.1, -0.05) is 12.1 Å². The van der Waals surface area contributed by atoms with Gasteiger partial charge in [0.2, 0.25) is 0 Å². The lowest BCUT2D eigenvalue weighted by atomic mass is 10.0. The van der Waals surface area contributed by atoms with E-state index in [0.717, 1.165) is 90.2 Å². The van der Waals surface area contributed by atoms with Crippen molar-refractivity contribution in [2.24, 2.45) is 4.99 Å². The number of ether oxygens (including phenoxy) is 2. The molecule has 1 N–H and O–H groups in total. The Morgan fingerprint density at radius 1 is 1.06 bits per heavy atom. The van der Waals surface area contributed by atoms with Gasteiger partial charge in [-0.05, 0) is 24.1 Å². The molecule has 2 unspecified atom stereocenters. The summed E-state index contributed by atoms with van der Waals surface area (Å²) in [5, 5.41) is 3.60. The van der Waals surface area contributed by atoms with Crippen molar-refractivity contribution in [1.82, 2.24) is 20.0 Å². The van der Waals surface area contributed by atoms with Gasteiger partial charge < -0.3 is 19.7 Å². The van der Waals surface area contributed by atoms with E-state index in [-0.39, 0.29) is 35.8 Å². The van der Waals surface area contributed by atoms with E-state index >= 15 is 0 Å². The van der Waals surface area contributed by atoms with Crippen LogP contribution in [0.25, 0.3) is 0 Å². The Labute approximate surface area is 202 Å². The fourth-order valence-electron chi connectivity index (χ4n) is 4.73. The Hall–Kier alpha value is -1.01. The third kappa shape index (κ3) is 6.50. The van der Waals surface area contributed by atoms with Crippen LogP contribution in [0.3, 0.4) is 0 Å². The molecule has 0 radical (unpaired) electrons. The van der Waals surface area contributed by atoms with Crippen LogP contribution in [0.5, 0.6) is 0 Å². The molecule has 0 aliphatic carbocycles. The van der Waals surface area contributed by atoms with Crippen LogP contribution in [-0.4, -0.2) is 106 Å². The molecule has 3 heterocycles. The van der Waals surface area contributed by atoms with Crippen molar-refractivity contribution in [2.75, 3.05) is 79.3 Å². The standard InChI is InChI=1S/C22H34FN5O2.HI/c1-24-22(28-7-6-20(17-28)26-8-12-29-13-9-26)25-16-21(27-10-14-30-15-11-27)18-2-4-19(23)5-3-18;/h2-5,20-21H,6-17H2,1H3,(H,24,25);1H. The van der Waals surface area contributed by atoms with E-state index < -0.39 is 0 Å². The summed E-state index contributed by atoms with van der Waals surface area (Å²) >= 11 is 0. The Bertz CT molecular complexity index is 696. The maximum absolute atomic E-state index is 13.5. The highest BCUT2D eigenvalue weighted by Crippen LogP contribution is 2.22. The first-order valence-corrected chi connectivity index (χ1v) is 11.1. The number of nitrogens with zero attached hydrogens (tertiary/aromatic N) is 4. The molecule has 0 spiro atoms. The molecule has 0 saturated carbocycles. The van der Waals surface area contributed by atoms with Crippen molar-refractivity contribution in [2.45, 2.75) is 18.5 Å². The van der Waals surface area contributed by atoms with Crippen molar-refractivity contribution in [3.05, 3.63) is 35.6 Å². The Kier molecular flexibility index (Phi) is 9.76. The lowest BCUT2D eigenvalue weighted by Crippen LogP contribution is -2.48. The van der Waals surface area contributed by atoms with Gasteiger partial charge in [0.05, 0.1) is 32.5 Å². The topological polar surface area (TPSA) is 52.6 Å². The van der Waals surface area contributed by atoms with Crippen molar-refractivity contribution in [3.63, 3.8) is 0 Å². The van der Waals surface area contributed by atoms with E-state index in [1.54, 1.807) is 12.1 Å². The molecule has 1 aromatic carbocycles. The summed E-state index contributed by atoms with van der Waals surface area (Å²) in [7, 11) is 1.85. The van der Waals surface area contributed by atoms with Crippen molar-refractivity contribution < 1.29 is 13.9 Å². The van der Waals surface area contributed by atoms with E-state index in [9.17, 15) is 4.39 Å². The minimum absolute atomic E-state index is 0. The molecule has 31 heavy (non-hydrogen) atoms. The highest BCUT2D eigenvalue weighted by Gasteiger charge is 2.31. The number of rotatable bonds is 5. The zero-order valence-corrected chi connectivity index (χ0v) is 20.7. The Balaban J connectivity index is 0.00000272. The molecule has 4 rings (SSSR count). The summed E-state index contributed by atoms with van der Waals surface area (Å²) in [5.74, 6) is 0.751. The number of nitrogens with one attached hydrogen (secondary N) is 1. The van der Waals surface area contributed by atoms with Gasteiger partial charge in [-0.25, -0.2) is 4.39 Å². The highest BCUT2D eigenvalue weighted by atomic mass is 127. The van der Waals surface area contributed by atoms with Crippen molar-refractivity contribution in [1.29, 1.82) is 0 Å². The molecule has 3 aliphatic heterocycles. The van der Waals surface area contributed by atoms with E-state index in [0.29, 0.717) is 6.04 Å². The summed E-state index contributed by atoms with van der Waals surface area (Å²) in [5.41, 5.74) is 1.12. The van der Waals surface area contributed by atoms with Gasteiger partial charge in [-0.15, -0.1) is 24.0 Å². The van der Waals surface area contributed by atoms with Crippen LogP contribution in [0.4, 0.5) is 4.39 Å². The zero-order valence-electron chi connectivity index (χ0n) is 18.3. The van der Waals surface area contributed by atoms with Gasteiger partial charge in [-0.3, -0.25) is 14.8 Å². The van der Waals surface area contributed by atoms with Crippen molar-refractivity contribution >= 4 is 29.9 Å². The molecule has 1 aromatic rings. The summed E-state index contributed by atoms with van der Waals surface area (Å²) < 4.78 is 24.5. The summed E-state index contributed by atoms with van der Waals surface area (Å²) in [6.45, 7) is 9.69. The molecule has 7 nitrogen and oxygen atoms in total. The number of morpholine rings is 2. The van der Waals surface area contributed by atoms with Gasteiger partial charge in [0.15, 0.2) is 5.96 Å². The largest absolute Gasteiger partial charge is 0.379 e. The van der Waals surface area contributed by atoms with Crippen LogP contribution in [0, 0.1) is 5.82 Å². The third-order valence-corrected chi connectivity index (χ3v) is 6.43. The molecular weight excluding hydrogens is 512 g/mol. The van der Waals surface area contributed by atoms with Crippen LogP contribution in [-0.2, 0) is 9.47 Å². The van der Waals surface area contributed by atoms with Gasteiger partial charge >= 0.3 is 0 Å². The Morgan fingerprint density at radius 3 is 2.35 bits per heavy atom. The van der Waals surface area contributed by atoms with Gasteiger partial charge in [-0.2, -0.15) is 0 Å². The Morgan fingerprint density at radius 2 is 1.71 bits per heavy atom. The molecule has 3 aliphatic rings. The number of likely N-dealkylation sites (tertiary alicyclic amines) is 1. The maximum Gasteiger partial charge on any atom is 0.193 e. The number of benzene rings is 1. The summed E-state index contributed by atoms with van der Waals surface area (Å²) in [6, 6.07) is 7.60. The zero-order chi connectivity index (χ0) is 20.8. The third-order valence-electron chi connectivity index (χ3n) is 6.43. The smallest absolute Gasteiger partial charge is 0.193 e. The summed E-state index contributed by atoms with van der Waals surface area (Å²) in [6.07, 6.45) is 1.16. The van der Waals surface area contributed by atoms with Crippen LogP contribution in [0.2, 0.25) is 0 Å². The van der Waals surface area contributed by atoms with Crippen LogP contribution >= 0.6 is 24.0 Å². The normalized spacial score (nSPS) is 24.6. The molecule has 0 bridgehead atoms. The number of halogens is 2. The molecule has 9 heteroatoms. The van der Waals surface area contributed by atoms with E-state index in [1.165, 1.54) is 0 Å². The van der Waals surface area contributed by atoms with Gasteiger partial charge in [0, 0.05) is 58.9 Å². The van der Waals surface area contributed by atoms with Crippen LogP contribution in [0.1, 0.15) is 18.0 Å². The van der Waals surface area contributed by atoms with Gasteiger partial charge in [0.25, 0.3) is 0 Å². The van der Waals surface area contributed by atoms with E-state index in [4.69, 9.17) is 9.47 Å². The molecular formula is C22H35FIN5O2. The maximum atomic E-state index is 13.5. The lowest BCUT2D eigenvalue weighted by molar-refractivity contribution is 0.0167. The number of hydrogen-bond acceptors (Lipinski definition) is 5. The quantitative estimate of drug-likeness (QED) is 0.345. The SMILES string of the molecule is CN=C(NCC(c1ccc(F)cc1)N1CCOCC1)N1CCC(N2CCOCC2)C1.I. The van der Waals surface area contributed by atoms with Crippen LogP contribution in [0.15, 0.2) is 29.3 Å². The monoisotopic (exact) mass is 547 g/mol. The minimum Gasteiger partial charge on any atom is -0.379 e. The highest BCUT2D eigenvalue weighted by molar-refractivity contribution is 14.0. The second-order valence-electron chi connectivity index (χ2n) is 8.18. The van der Waals surface area contributed by atoms with Gasteiger partial charge in [0.1, 0.15) is 5.82 Å². The minimum atomic E-state index is -0.200.